The van der Waals surface area contributed by atoms with E-state index in [1.54, 1.807) is 11.1 Å². The minimum atomic E-state index is -0.212. The smallest absolute Gasteiger partial charge is 0.127 e. The van der Waals surface area contributed by atoms with Gasteiger partial charge in [0.05, 0.1) is 6.61 Å². The molecule has 0 aromatic heterocycles. The van der Waals surface area contributed by atoms with Gasteiger partial charge < -0.3 is 14.2 Å². The topological polar surface area (TPSA) is 31.0 Å². The summed E-state index contributed by atoms with van der Waals surface area (Å²) >= 11 is 0. The summed E-state index contributed by atoms with van der Waals surface area (Å²) in [7, 11) is 0. The number of ether oxygens (including phenoxy) is 3. The van der Waals surface area contributed by atoms with Crippen LogP contribution in [0.25, 0.3) is 0 Å². The predicted octanol–water partition coefficient (Wildman–Crippen LogP) is 8.99. The van der Waals surface area contributed by atoms with Gasteiger partial charge in [-0.05, 0) is 161 Å². The molecule has 1 aromatic rings. The summed E-state index contributed by atoms with van der Waals surface area (Å²) in [4.78, 5) is 0. The standard InChI is InChI=1S/C37H54O3/c1-34(2,3)22-35(4,5)40-33-31(36-14-23-6-24(15-36)8-25(7-23)16-36)12-29(38-20-30-21-39-30)13-32(33)37-17-26-9-27(18-37)11-28(10-26)19-37/h12-13,23-28,30H,6-11,14-22H2,1-5H3. The van der Waals surface area contributed by atoms with Crippen molar-refractivity contribution in [3.63, 3.8) is 0 Å². The van der Waals surface area contributed by atoms with Gasteiger partial charge in [-0.3, -0.25) is 0 Å². The Morgan fingerprint density at radius 2 is 1.10 bits per heavy atom. The SMILES string of the molecule is CC(C)(C)CC(C)(C)Oc1c(C23CC4CC(CC(C4)C2)C3)cc(OCC2CO2)cc1C12CC3CC(CC(C3)C1)C2. The first-order chi connectivity index (χ1) is 18.9. The molecule has 1 heterocycles. The van der Waals surface area contributed by atoms with Gasteiger partial charge in [0.25, 0.3) is 0 Å². The average Bonchev–Trinajstić information content (AvgIpc) is 3.64. The fraction of sp³-hybridized carbons (Fsp3) is 0.838. The van der Waals surface area contributed by atoms with E-state index in [9.17, 15) is 0 Å². The van der Waals surface area contributed by atoms with Crippen LogP contribution in [0.5, 0.6) is 11.5 Å². The van der Waals surface area contributed by atoms with Crippen molar-refractivity contribution in [3.05, 3.63) is 23.3 Å². The van der Waals surface area contributed by atoms with E-state index in [4.69, 9.17) is 14.2 Å². The predicted molar refractivity (Wildman–Crippen MR) is 160 cm³/mol. The van der Waals surface area contributed by atoms with Gasteiger partial charge in [0.15, 0.2) is 0 Å². The molecule has 1 atom stereocenters. The number of hydrogen-bond donors (Lipinski definition) is 0. The summed E-state index contributed by atoms with van der Waals surface area (Å²) in [5.74, 6) is 7.89. The highest BCUT2D eigenvalue weighted by Crippen LogP contribution is 2.66. The largest absolute Gasteiger partial charge is 0.491 e. The van der Waals surface area contributed by atoms with E-state index < -0.39 is 0 Å². The molecule has 1 saturated heterocycles. The zero-order chi connectivity index (χ0) is 27.5. The van der Waals surface area contributed by atoms with E-state index >= 15 is 0 Å². The van der Waals surface area contributed by atoms with Gasteiger partial charge in [0.1, 0.15) is 29.8 Å². The Bertz CT molecular complexity index is 1010. The number of rotatable bonds is 8. The highest BCUT2D eigenvalue weighted by molar-refractivity contribution is 5.56. The Morgan fingerprint density at radius 1 is 0.700 bits per heavy atom. The zero-order valence-corrected chi connectivity index (χ0v) is 26.0. The van der Waals surface area contributed by atoms with Crippen molar-refractivity contribution in [1.82, 2.24) is 0 Å². The second kappa shape index (κ2) is 8.90. The van der Waals surface area contributed by atoms with Crippen molar-refractivity contribution in [2.24, 2.45) is 40.9 Å². The summed E-state index contributed by atoms with van der Waals surface area (Å²) in [6, 6.07) is 4.98. The molecule has 40 heavy (non-hydrogen) atoms. The highest BCUT2D eigenvalue weighted by atomic mass is 16.6. The van der Waals surface area contributed by atoms with Gasteiger partial charge in [-0.1, -0.05) is 20.8 Å². The molecule has 1 aliphatic heterocycles. The van der Waals surface area contributed by atoms with Crippen molar-refractivity contribution in [3.8, 4) is 11.5 Å². The van der Waals surface area contributed by atoms with Crippen LogP contribution in [0.2, 0.25) is 0 Å². The molecule has 8 saturated carbocycles. The van der Waals surface area contributed by atoms with Crippen LogP contribution in [-0.4, -0.2) is 24.9 Å². The van der Waals surface area contributed by atoms with Crippen molar-refractivity contribution in [1.29, 1.82) is 0 Å². The summed E-state index contributed by atoms with van der Waals surface area (Å²) in [6.45, 7) is 13.4. The molecule has 8 bridgehead atoms. The highest BCUT2D eigenvalue weighted by Gasteiger charge is 2.56. The summed E-state index contributed by atoms with van der Waals surface area (Å²) in [5, 5.41) is 0. The Morgan fingerprint density at radius 3 is 1.45 bits per heavy atom. The maximum Gasteiger partial charge on any atom is 0.127 e. The van der Waals surface area contributed by atoms with Crippen molar-refractivity contribution >= 4 is 0 Å². The van der Waals surface area contributed by atoms with Crippen LogP contribution in [0.3, 0.4) is 0 Å². The molecule has 0 amide bonds. The summed E-state index contributed by atoms with van der Waals surface area (Å²) < 4.78 is 19.7. The van der Waals surface area contributed by atoms with Crippen LogP contribution >= 0.6 is 0 Å². The molecule has 0 spiro atoms. The monoisotopic (exact) mass is 546 g/mol. The maximum atomic E-state index is 7.53. The second-order valence-electron chi connectivity index (χ2n) is 18.1. The van der Waals surface area contributed by atoms with Crippen molar-refractivity contribution in [2.75, 3.05) is 13.2 Å². The van der Waals surface area contributed by atoms with Gasteiger partial charge in [-0.15, -0.1) is 0 Å². The molecule has 8 aliphatic carbocycles. The summed E-state index contributed by atoms with van der Waals surface area (Å²) in [6.07, 6.45) is 18.4. The lowest BCUT2D eigenvalue weighted by Crippen LogP contribution is -2.50. The van der Waals surface area contributed by atoms with Crippen LogP contribution in [0.1, 0.15) is 129 Å². The third kappa shape index (κ3) is 4.73. The van der Waals surface area contributed by atoms with E-state index in [-0.39, 0.29) is 27.9 Å². The lowest BCUT2D eigenvalue weighted by Gasteiger charge is -2.59. The van der Waals surface area contributed by atoms with Crippen LogP contribution < -0.4 is 9.47 Å². The number of hydrogen-bond acceptors (Lipinski definition) is 3. The first kappa shape index (κ1) is 26.4. The van der Waals surface area contributed by atoms with E-state index in [0.717, 1.165) is 54.3 Å². The normalized spacial score (nSPS) is 42.9. The van der Waals surface area contributed by atoms with Crippen LogP contribution in [0.4, 0.5) is 0 Å². The minimum Gasteiger partial charge on any atom is -0.491 e. The maximum absolute atomic E-state index is 7.53. The third-order valence-corrected chi connectivity index (χ3v) is 12.5. The van der Waals surface area contributed by atoms with E-state index in [0.29, 0.717) is 6.61 Å². The Kier molecular flexibility index (Phi) is 5.88. The van der Waals surface area contributed by atoms with E-state index in [1.165, 1.54) is 82.8 Å². The molecule has 0 N–H and O–H groups in total. The van der Waals surface area contributed by atoms with Gasteiger partial charge in [0.2, 0.25) is 0 Å². The number of benzene rings is 1. The third-order valence-electron chi connectivity index (χ3n) is 12.5. The molecule has 9 aliphatic rings. The Balaban J connectivity index is 1.29. The molecule has 1 unspecified atom stereocenters. The molecule has 10 rings (SSSR count). The van der Waals surface area contributed by atoms with Crippen LogP contribution in [0.15, 0.2) is 12.1 Å². The second-order valence-corrected chi connectivity index (χ2v) is 18.1. The molecule has 3 heteroatoms. The Hall–Kier alpha value is -1.22. The van der Waals surface area contributed by atoms with Gasteiger partial charge in [-0.25, -0.2) is 0 Å². The molecular weight excluding hydrogens is 492 g/mol. The van der Waals surface area contributed by atoms with Gasteiger partial charge in [0, 0.05) is 11.1 Å². The molecule has 220 valence electrons. The lowest BCUT2D eigenvalue weighted by atomic mass is 9.46. The van der Waals surface area contributed by atoms with E-state index in [1.807, 2.05) is 0 Å². The van der Waals surface area contributed by atoms with Crippen LogP contribution in [-0.2, 0) is 15.6 Å². The van der Waals surface area contributed by atoms with Crippen molar-refractivity contribution in [2.45, 2.75) is 141 Å². The molecule has 9 fully saturated rings. The molecule has 3 nitrogen and oxygen atoms in total. The molecular formula is C37H54O3. The van der Waals surface area contributed by atoms with Crippen LogP contribution in [0, 0.1) is 40.9 Å². The zero-order valence-electron chi connectivity index (χ0n) is 26.0. The summed E-state index contributed by atoms with van der Waals surface area (Å²) in [5.41, 5.74) is 3.65. The van der Waals surface area contributed by atoms with E-state index in [2.05, 4.69) is 46.8 Å². The average molecular weight is 547 g/mol. The minimum absolute atomic E-state index is 0.212. The molecule has 0 radical (unpaired) electrons. The van der Waals surface area contributed by atoms with Crippen molar-refractivity contribution < 1.29 is 14.2 Å². The first-order valence-corrected chi connectivity index (χ1v) is 17.1. The lowest BCUT2D eigenvalue weighted by molar-refractivity contribution is -0.0160. The quantitative estimate of drug-likeness (QED) is 0.305. The van der Waals surface area contributed by atoms with Gasteiger partial charge >= 0.3 is 0 Å². The fourth-order valence-electron chi connectivity index (χ4n) is 12.4. The molecule has 1 aromatic carbocycles. The first-order valence-electron chi connectivity index (χ1n) is 17.1. The fourth-order valence-corrected chi connectivity index (χ4v) is 12.4. The Labute approximate surface area is 243 Å². The van der Waals surface area contributed by atoms with Gasteiger partial charge in [-0.2, -0.15) is 0 Å². The number of epoxide rings is 1.